The summed E-state index contributed by atoms with van der Waals surface area (Å²) in [5.74, 6) is 0. The Morgan fingerprint density at radius 2 is 0.966 bits per heavy atom. The highest BCUT2D eigenvalue weighted by Gasteiger charge is 2.47. The van der Waals surface area contributed by atoms with Gasteiger partial charge < -0.3 is 14.0 Å². The van der Waals surface area contributed by atoms with E-state index in [2.05, 4.69) is 212 Å². The molecule has 274 valence electrons. The van der Waals surface area contributed by atoms with Gasteiger partial charge in [-0.3, -0.25) is 0 Å². The van der Waals surface area contributed by atoms with Crippen molar-refractivity contribution in [1.29, 1.82) is 0 Å². The Balaban J connectivity index is 1.18. The van der Waals surface area contributed by atoms with E-state index < -0.39 is 0 Å². The molecule has 4 heteroatoms. The number of hydrogen-bond acceptors (Lipinski definition) is 1. The van der Waals surface area contributed by atoms with E-state index in [4.69, 9.17) is 0 Å². The zero-order valence-electron chi connectivity index (χ0n) is 33.1. The SMILES string of the molecule is CC1(C)c2cc3c(cc2B2c4cc5c6ccccc6n(-c6ccccc6)c5cc4N(c4ccccc4)c4cccc1c42)c1cccc2c1n3-c1ccccc1C2(C)C. The molecule has 0 N–H and O–H groups in total. The fourth-order valence-electron chi connectivity index (χ4n) is 11.5. The monoisotopic (exact) mass is 741 g/mol. The first-order valence-corrected chi connectivity index (χ1v) is 20.7. The smallest absolute Gasteiger partial charge is 0.247 e. The maximum absolute atomic E-state index is 2.60. The van der Waals surface area contributed by atoms with Gasteiger partial charge in [-0.1, -0.05) is 148 Å². The van der Waals surface area contributed by atoms with Gasteiger partial charge in [0, 0.05) is 55.1 Å². The van der Waals surface area contributed by atoms with Crippen LogP contribution in [0.25, 0.3) is 55.0 Å². The molecule has 0 radical (unpaired) electrons. The zero-order valence-corrected chi connectivity index (χ0v) is 33.1. The molecule has 0 amide bonds. The van der Waals surface area contributed by atoms with E-state index in [0.717, 1.165) is 0 Å². The summed E-state index contributed by atoms with van der Waals surface area (Å²) in [6.45, 7) is 9.72. The van der Waals surface area contributed by atoms with Crippen molar-refractivity contribution < 1.29 is 0 Å². The zero-order chi connectivity index (χ0) is 38.7. The van der Waals surface area contributed by atoms with Crippen LogP contribution in [0.1, 0.15) is 49.9 Å². The van der Waals surface area contributed by atoms with Gasteiger partial charge in [0.1, 0.15) is 0 Å². The molecule has 3 aliphatic rings. The van der Waals surface area contributed by atoms with Crippen LogP contribution in [0.2, 0.25) is 0 Å². The van der Waals surface area contributed by atoms with E-state index in [-0.39, 0.29) is 17.5 Å². The summed E-state index contributed by atoms with van der Waals surface area (Å²) in [4.78, 5) is 2.54. The first-order valence-electron chi connectivity index (χ1n) is 20.7. The van der Waals surface area contributed by atoms with Crippen LogP contribution in [0.5, 0.6) is 0 Å². The fraction of sp³-hybridized carbons (Fsp3) is 0.111. The minimum Gasteiger partial charge on any atom is -0.311 e. The normalized spacial score (nSPS) is 15.4. The van der Waals surface area contributed by atoms with E-state index >= 15 is 0 Å². The van der Waals surface area contributed by atoms with Crippen molar-refractivity contribution in [3.63, 3.8) is 0 Å². The van der Waals surface area contributed by atoms with Crippen molar-refractivity contribution in [3.05, 3.63) is 192 Å². The third kappa shape index (κ3) is 3.90. The predicted octanol–water partition coefficient (Wildman–Crippen LogP) is 11.5. The molecule has 0 saturated carbocycles. The number of rotatable bonds is 2. The lowest BCUT2D eigenvalue weighted by molar-refractivity contribution is 0.629. The Hall–Kier alpha value is -6.78. The molecule has 0 saturated heterocycles. The fourth-order valence-corrected chi connectivity index (χ4v) is 11.5. The van der Waals surface area contributed by atoms with Gasteiger partial charge in [0.25, 0.3) is 0 Å². The van der Waals surface area contributed by atoms with Crippen LogP contribution in [0.3, 0.4) is 0 Å². The van der Waals surface area contributed by atoms with Crippen molar-refractivity contribution in [2.45, 2.75) is 38.5 Å². The Bertz CT molecular complexity index is 3400. The minimum atomic E-state index is -0.244. The highest BCUT2D eigenvalue weighted by molar-refractivity contribution is 6.99. The van der Waals surface area contributed by atoms with E-state index in [0.29, 0.717) is 0 Å². The lowest BCUT2D eigenvalue weighted by Gasteiger charge is -2.45. The van der Waals surface area contributed by atoms with Crippen LogP contribution in [-0.2, 0) is 10.8 Å². The van der Waals surface area contributed by atoms with Gasteiger partial charge >= 0.3 is 0 Å². The summed E-state index contributed by atoms with van der Waals surface area (Å²) in [5, 5.41) is 5.22. The van der Waals surface area contributed by atoms with E-state index in [1.54, 1.807) is 0 Å². The summed E-state index contributed by atoms with van der Waals surface area (Å²) in [6.07, 6.45) is 0. The van der Waals surface area contributed by atoms with Gasteiger partial charge in [0.2, 0.25) is 6.71 Å². The third-order valence-corrected chi connectivity index (χ3v) is 14.1. The highest BCUT2D eigenvalue weighted by atomic mass is 15.2. The van der Waals surface area contributed by atoms with Crippen molar-refractivity contribution >= 4 is 83.8 Å². The molecular weight excluding hydrogens is 701 g/mol. The van der Waals surface area contributed by atoms with E-state index in [9.17, 15) is 0 Å². The highest BCUT2D eigenvalue weighted by Crippen LogP contribution is 2.50. The topological polar surface area (TPSA) is 13.1 Å². The quantitative estimate of drug-likeness (QED) is 0.161. The minimum absolute atomic E-state index is 0.0484. The molecule has 0 unspecified atom stereocenters. The standard InChI is InChI=1S/C54H40BN3/c1-53(2)39-23-12-14-27-46(39)58-48-31-42-43(29-38(48)36-22-15-25-41(53)52(36)58)55-44-30-37-35-21-11-13-26-45(35)56(33-17-7-5-8-18-33)49(37)32-50(44)57(34-19-9-6-10-20-34)47-28-16-24-40(51(47)55)54(42,3)4/h5-32H,1-4H3. The van der Waals surface area contributed by atoms with Gasteiger partial charge in [-0.05, 0) is 87.8 Å². The molecule has 3 nitrogen and oxygen atoms in total. The molecule has 58 heavy (non-hydrogen) atoms. The summed E-state index contributed by atoms with van der Waals surface area (Å²) in [7, 11) is 0. The van der Waals surface area contributed by atoms with Gasteiger partial charge in [-0.2, -0.15) is 0 Å². The van der Waals surface area contributed by atoms with Crippen LogP contribution >= 0.6 is 0 Å². The Labute approximate surface area is 338 Å². The Kier molecular flexibility index (Phi) is 6.13. The first-order chi connectivity index (χ1) is 28.3. The van der Waals surface area contributed by atoms with Crippen LogP contribution in [0, 0.1) is 0 Å². The van der Waals surface area contributed by atoms with Crippen LogP contribution < -0.4 is 21.3 Å². The number of hydrogen-bond donors (Lipinski definition) is 0. The average molecular weight is 742 g/mol. The molecule has 3 aliphatic heterocycles. The molecular formula is C54H40BN3. The summed E-state index contributed by atoms with van der Waals surface area (Å²) < 4.78 is 5.03. The number of aromatic nitrogens is 2. The molecule has 13 rings (SSSR count). The van der Waals surface area contributed by atoms with Gasteiger partial charge in [0.15, 0.2) is 0 Å². The average Bonchev–Trinajstić information content (AvgIpc) is 3.76. The van der Waals surface area contributed by atoms with Crippen LogP contribution in [0.4, 0.5) is 17.1 Å². The van der Waals surface area contributed by atoms with E-state index in [1.807, 2.05) is 0 Å². The number of fused-ring (bicyclic) bond motifs is 12. The van der Waals surface area contributed by atoms with E-state index in [1.165, 1.54) is 111 Å². The summed E-state index contributed by atoms with van der Waals surface area (Å²) in [6, 6.07) is 64.1. The van der Waals surface area contributed by atoms with Crippen molar-refractivity contribution in [3.8, 4) is 11.4 Å². The second kappa shape index (κ2) is 11.0. The third-order valence-electron chi connectivity index (χ3n) is 14.1. The van der Waals surface area contributed by atoms with Crippen molar-refractivity contribution in [2.75, 3.05) is 4.90 Å². The Morgan fingerprint density at radius 1 is 0.379 bits per heavy atom. The number of anilines is 3. The summed E-state index contributed by atoms with van der Waals surface area (Å²) >= 11 is 0. The lowest BCUT2D eigenvalue weighted by atomic mass is 9.30. The first kappa shape index (κ1) is 32.3. The molecule has 8 aromatic carbocycles. The maximum atomic E-state index is 2.60. The number of para-hydroxylation sites is 5. The van der Waals surface area contributed by atoms with Crippen LogP contribution in [0.15, 0.2) is 170 Å². The molecule has 10 aromatic rings. The molecule has 0 spiro atoms. The number of nitrogens with zero attached hydrogens (tertiary/aromatic N) is 3. The molecule has 0 bridgehead atoms. The largest absolute Gasteiger partial charge is 0.311 e. The van der Waals surface area contributed by atoms with Crippen LogP contribution in [-0.4, -0.2) is 15.8 Å². The van der Waals surface area contributed by atoms with Gasteiger partial charge in [0.05, 0.1) is 27.8 Å². The second-order valence-electron chi connectivity index (χ2n) is 17.7. The lowest BCUT2D eigenvalue weighted by Crippen LogP contribution is -2.64. The molecule has 0 aliphatic carbocycles. The Morgan fingerprint density at radius 3 is 1.79 bits per heavy atom. The van der Waals surface area contributed by atoms with Crippen molar-refractivity contribution in [2.24, 2.45) is 0 Å². The van der Waals surface area contributed by atoms with Crippen molar-refractivity contribution in [1.82, 2.24) is 9.13 Å². The summed E-state index contributed by atoms with van der Waals surface area (Å²) in [5.41, 5.74) is 20.6. The van der Waals surface area contributed by atoms with Gasteiger partial charge in [-0.15, -0.1) is 0 Å². The molecule has 2 aromatic heterocycles. The molecule has 0 fully saturated rings. The molecule has 5 heterocycles. The molecule has 0 atom stereocenters. The maximum Gasteiger partial charge on any atom is 0.247 e. The van der Waals surface area contributed by atoms with Gasteiger partial charge in [-0.25, -0.2) is 0 Å². The number of benzene rings is 8. The second-order valence-corrected chi connectivity index (χ2v) is 17.7. The predicted molar refractivity (Wildman–Crippen MR) is 245 cm³/mol.